The number of methoxy groups -OCH3 is 1. The quantitative estimate of drug-likeness (QED) is 0.637. The van der Waals surface area contributed by atoms with Crippen LogP contribution < -0.4 is 5.32 Å². The summed E-state index contributed by atoms with van der Waals surface area (Å²) in [6, 6.07) is 10.5. The van der Waals surface area contributed by atoms with Crippen molar-refractivity contribution >= 4 is 10.8 Å². The van der Waals surface area contributed by atoms with Crippen LogP contribution in [0.1, 0.15) is 44.7 Å². The van der Waals surface area contributed by atoms with E-state index in [1.165, 1.54) is 5.56 Å². The van der Waals surface area contributed by atoms with Crippen molar-refractivity contribution in [2.24, 2.45) is 0 Å². The van der Waals surface area contributed by atoms with Gasteiger partial charge in [0.2, 0.25) is 0 Å². The molecule has 0 heterocycles. The molecular weight excluding hydrogens is 282 g/mol. The molecule has 0 bridgehead atoms. The molecule has 1 aromatic rings. The van der Waals surface area contributed by atoms with E-state index in [4.69, 9.17) is 4.74 Å². The van der Waals surface area contributed by atoms with Crippen LogP contribution in [0.3, 0.4) is 0 Å². The van der Waals surface area contributed by atoms with E-state index in [0.717, 1.165) is 25.8 Å². The van der Waals surface area contributed by atoms with E-state index in [9.17, 15) is 4.21 Å². The van der Waals surface area contributed by atoms with Gasteiger partial charge in [-0.1, -0.05) is 44.2 Å². The number of benzene rings is 1. The Kier molecular flexibility index (Phi) is 9.55. The van der Waals surface area contributed by atoms with Crippen LogP contribution in [0.5, 0.6) is 0 Å². The Morgan fingerprint density at radius 2 is 1.95 bits per heavy atom. The second kappa shape index (κ2) is 10.9. The number of rotatable bonds is 11. The number of hydrogen-bond acceptors (Lipinski definition) is 3. The highest BCUT2D eigenvalue weighted by Gasteiger charge is 2.26. The summed E-state index contributed by atoms with van der Waals surface area (Å²) in [6.45, 7) is 5.92. The third-order valence-electron chi connectivity index (χ3n) is 3.58. The molecule has 0 amide bonds. The van der Waals surface area contributed by atoms with Crippen LogP contribution >= 0.6 is 0 Å². The summed E-state index contributed by atoms with van der Waals surface area (Å²) in [5.74, 6) is 0.712. The van der Waals surface area contributed by atoms with Gasteiger partial charge in [0, 0.05) is 36.3 Å². The normalized spacial score (nSPS) is 15.6. The largest absolute Gasteiger partial charge is 0.385 e. The Bertz CT molecular complexity index is 397. The third-order valence-corrected chi connectivity index (χ3v) is 5.55. The molecule has 0 saturated carbocycles. The molecule has 21 heavy (non-hydrogen) atoms. The molecule has 0 aliphatic rings. The van der Waals surface area contributed by atoms with E-state index in [1.54, 1.807) is 7.11 Å². The van der Waals surface area contributed by atoms with Gasteiger partial charge in [-0.25, -0.2) is 0 Å². The van der Waals surface area contributed by atoms with Crippen molar-refractivity contribution in [3.05, 3.63) is 35.9 Å². The Morgan fingerprint density at radius 1 is 1.24 bits per heavy atom. The summed E-state index contributed by atoms with van der Waals surface area (Å²) in [4.78, 5) is 0. The first kappa shape index (κ1) is 18.3. The number of hydrogen-bond donors (Lipinski definition) is 1. The lowest BCUT2D eigenvalue weighted by molar-refractivity contribution is 0.200. The standard InChI is InChI=1S/C17H29NO2S/c1-4-12-18-17(15-10-7-6-8-11-15)16(5-2)21(19)14-9-13-20-3/h6-8,10-11,16-18H,4-5,9,12-14H2,1-3H3. The zero-order chi connectivity index (χ0) is 15.5. The average molecular weight is 311 g/mol. The second-order valence-electron chi connectivity index (χ2n) is 5.22. The highest BCUT2D eigenvalue weighted by molar-refractivity contribution is 7.85. The topological polar surface area (TPSA) is 38.3 Å². The third kappa shape index (κ3) is 6.29. The molecule has 0 radical (unpaired) electrons. The maximum Gasteiger partial charge on any atom is 0.0540 e. The maximum atomic E-state index is 12.6. The molecule has 0 aliphatic carbocycles. The summed E-state index contributed by atoms with van der Waals surface area (Å²) in [7, 11) is 0.854. The van der Waals surface area contributed by atoms with Crippen molar-refractivity contribution in [1.29, 1.82) is 0 Å². The van der Waals surface area contributed by atoms with Crippen molar-refractivity contribution in [2.75, 3.05) is 26.0 Å². The van der Waals surface area contributed by atoms with Crippen LogP contribution in [0, 0.1) is 0 Å². The predicted molar refractivity (Wildman–Crippen MR) is 91.1 cm³/mol. The first-order valence-electron chi connectivity index (χ1n) is 7.89. The van der Waals surface area contributed by atoms with Crippen LogP contribution in [0.15, 0.2) is 30.3 Å². The van der Waals surface area contributed by atoms with E-state index in [-0.39, 0.29) is 11.3 Å². The Hall–Kier alpha value is -0.710. The van der Waals surface area contributed by atoms with Crippen LogP contribution in [0.2, 0.25) is 0 Å². The molecule has 3 atom stereocenters. The van der Waals surface area contributed by atoms with Crippen LogP contribution in [0.25, 0.3) is 0 Å². The number of ether oxygens (including phenoxy) is 1. The highest BCUT2D eigenvalue weighted by atomic mass is 32.2. The zero-order valence-corrected chi connectivity index (χ0v) is 14.3. The van der Waals surface area contributed by atoms with Gasteiger partial charge < -0.3 is 10.1 Å². The van der Waals surface area contributed by atoms with E-state index in [2.05, 4.69) is 43.4 Å². The molecule has 1 N–H and O–H groups in total. The minimum absolute atomic E-state index is 0.149. The van der Waals surface area contributed by atoms with Crippen molar-refractivity contribution < 1.29 is 8.95 Å². The van der Waals surface area contributed by atoms with E-state index in [1.807, 2.05) is 6.07 Å². The lowest BCUT2D eigenvalue weighted by atomic mass is 10.0. The Balaban J connectivity index is 2.80. The minimum Gasteiger partial charge on any atom is -0.385 e. The van der Waals surface area contributed by atoms with Crippen LogP contribution in [0.4, 0.5) is 0 Å². The number of nitrogens with one attached hydrogen (secondary N) is 1. The van der Waals surface area contributed by atoms with Gasteiger partial charge in [0.05, 0.1) is 5.25 Å². The summed E-state index contributed by atoms with van der Waals surface area (Å²) in [5.41, 5.74) is 1.23. The lowest BCUT2D eigenvalue weighted by Gasteiger charge is -2.27. The molecule has 0 aromatic heterocycles. The summed E-state index contributed by atoms with van der Waals surface area (Å²) < 4.78 is 17.7. The van der Waals surface area contributed by atoms with Gasteiger partial charge in [-0.3, -0.25) is 4.21 Å². The molecule has 1 aromatic carbocycles. The van der Waals surface area contributed by atoms with Crippen molar-refractivity contribution in [3.63, 3.8) is 0 Å². The summed E-state index contributed by atoms with van der Waals surface area (Å²) in [6.07, 6.45) is 2.85. The second-order valence-corrected chi connectivity index (χ2v) is 7.00. The molecule has 0 aliphatic heterocycles. The molecule has 4 heteroatoms. The Morgan fingerprint density at radius 3 is 2.52 bits per heavy atom. The van der Waals surface area contributed by atoms with Crippen molar-refractivity contribution in [3.8, 4) is 0 Å². The first-order valence-corrected chi connectivity index (χ1v) is 9.27. The molecule has 0 fully saturated rings. The summed E-state index contributed by atoms with van der Waals surface area (Å²) >= 11 is 0. The fourth-order valence-corrected chi connectivity index (χ4v) is 4.13. The molecule has 120 valence electrons. The maximum absolute atomic E-state index is 12.6. The molecule has 3 unspecified atom stereocenters. The Labute approximate surface area is 131 Å². The SMILES string of the molecule is CCCNC(c1ccccc1)C(CC)S(=O)CCCOC. The molecular formula is C17H29NO2S. The molecule has 1 rings (SSSR count). The van der Waals surface area contributed by atoms with E-state index < -0.39 is 10.8 Å². The summed E-state index contributed by atoms with van der Waals surface area (Å²) in [5, 5.41) is 3.73. The van der Waals surface area contributed by atoms with Gasteiger partial charge in [-0.15, -0.1) is 0 Å². The first-order chi connectivity index (χ1) is 10.2. The van der Waals surface area contributed by atoms with Crippen molar-refractivity contribution in [2.45, 2.75) is 44.4 Å². The fourth-order valence-electron chi connectivity index (χ4n) is 2.49. The van der Waals surface area contributed by atoms with Crippen molar-refractivity contribution in [1.82, 2.24) is 5.32 Å². The van der Waals surface area contributed by atoms with Crippen LogP contribution in [-0.2, 0) is 15.5 Å². The lowest BCUT2D eigenvalue weighted by Crippen LogP contribution is -2.36. The van der Waals surface area contributed by atoms with Gasteiger partial charge in [0.15, 0.2) is 0 Å². The molecule has 3 nitrogen and oxygen atoms in total. The van der Waals surface area contributed by atoms with E-state index >= 15 is 0 Å². The van der Waals surface area contributed by atoms with Crippen LogP contribution in [-0.4, -0.2) is 35.5 Å². The predicted octanol–water partition coefficient (Wildman–Crippen LogP) is 3.29. The monoisotopic (exact) mass is 311 g/mol. The van der Waals surface area contributed by atoms with Gasteiger partial charge in [0.1, 0.15) is 0 Å². The molecule has 0 spiro atoms. The van der Waals surface area contributed by atoms with E-state index in [0.29, 0.717) is 12.4 Å². The smallest absolute Gasteiger partial charge is 0.0540 e. The fraction of sp³-hybridized carbons (Fsp3) is 0.647. The van der Waals surface area contributed by atoms with Gasteiger partial charge in [-0.2, -0.15) is 0 Å². The molecule has 0 saturated heterocycles. The minimum atomic E-state index is -0.836. The van der Waals surface area contributed by atoms with Gasteiger partial charge in [-0.05, 0) is 31.4 Å². The zero-order valence-electron chi connectivity index (χ0n) is 13.5. The average Bonchev–Trinajstić information content (AvgIpc) is 2.52. The van der Waals surface area contributed by atoms with Gasteiger partial charge >= 0.3 is 0 Å². The van der Waals surface area contributed by atoms with Gasteiger partial charge in [0.25, 0.3) is 0 Å². The highest BCUT2D eigenvalue weighted by Crippen LogP contribution is 2.23.